The number of nitrogens with one attached hydrogen (secondary N) is 2. The minimum Gasteiger partial charge on any atom is -0.385 e. The number of hydrogen-bond donors (Lipinski definition) is 2. The zero-order valence-electron chi connectivity index (χ0n) is 11.3. The van der Waals surface area contributed by atoms with Crippen molar-refractivity contribution in [1.82, 2.24) is 15.2 Å². The molecule has 1 aromatic heterocycles. The number of rotatable bonds is 10. The molecule has 1 rings (SSSR count). The lowest BCUT2D eigenvalue weighted by Gasteiger charge is -2.07. The number of hydrogen-bond acceptors (Lipinski definition) is 6. The molecule has 0 saturated heterocycles. The summed E-state index contributed by atoms with van der Waals surface area (Å²) < 4.78 is 4.98. The normalized spacial score (nSPS) is 10.3. The molecule has 0 fully saturated rings. The molecule has 0 radical (unpaired) electrons. The second-order valence-corrected chi connectivity index (χ2v) is 4.07. The van der Waals surface area contributed by atoms with Crippen LogP contribution in [0.1, 0.15) is 32.6 Å². The number of ether oxygens (including phenoxy) is 1. The van der Waals surface area contributed by atoms with Gasteiger partial charge in [-0.1, -0.05) is 19.8 Å². The van der Waals surface area contributed by atoms with Crippen LogP contribution in [0.4, 0.5) is 11.8 Å². The Morgan fingerprint density at radius 2 is 2.00 bits per heavy atom. The highest BCUT2D eigenvalue weighted by atomic mass is 16.5. The van der Waals surface area contributed by atoms with E-state index in [0.717, 1.165) is 38.4 Å². The first kappa shape index (κ1) is 14.6. The molecule has 0 aliphatic heterocycles. The van der Waals surface area contributed by atoms with Crippen molar-refractivity contribution in [3.05, 3.63) is 6.20 Å². The van der Waals surface area contributed by atoms with Crippen molar-refractivity contribution in [2.75, 3.05) is 37.4 Å². The van der Waals surface area contributed by atoms with Crippen molar-refractivity contribution < 1.29 is 4.74 Å². The van der Waals surface area contributed by atoms with Gasteiger partial charge in [-0.25, -0.2) is 0 Å². The van der Waals surface area contributed by atoms with E-state index in [-0.39, 0.29) is 0 Å². The molecule has 6 heteroatoms. The number of aromatic nitrogens is 3. The zero-order valence-corrected chi connectivity index (χ0v) is 11.3. The minimum atomic E-state index is 0.586. The van der Waals surface area contributed by atoms with E-state index < -0.39 is 0 Å². The van der Waals surface area contributed by atoms with Gasteiger partial charge in [-0.15, -0.1) is 5.10 Å². The standard InChI is InChI=1S/C12H23N5O/c1-3-4-5-7-14-12-16-11(10-15-17-12)13-8-6-9-18-2/h10H,3-9H2,1-2H3,(H2,13,14,16,17). The molecule has 18 heavy (non-hydrogen) atoms. The summed E-state index contributed by atoms with van der Waals surface area (Å²) in [5.74, 6) is 1.34. The Balaban J connectivity index is 2.27. The first-order valence-corrected chi connectivity index (χ1v) is 6.53. The van der Waals surface area contributed by atoms with Gasteiger partial charge < -0.3 is 15.4 Å². The van der Waals surface area contributed by atoms with Crippen LogP contribution < -0.4 is 10.6 Å². The first-order chi connectivity index (χ1) is 8.86. The Bertz CT molecular complexity index is 294. The van der Waals surface area contributed by atoms with Crippen molar-refractivity contribution in [2.24, 2.45) is 0 Å². The summed E-state index contributed by atoms with van der Waals surface area (Å²) in [6.07, 6.45) is 6.13. The van der Waals surface area contributed by atoms with Crippen LogP contribution in [0.25, 0.3) is 0 Å². The van der Waals surface area contributed by atoms with Crippen molar-refractivity contribution in [2.45, 2.75) is 32.6 Å². The topological polar surface area (TPSA) is 72.0 Å². The predicted molar refractivity (Wildman–Crippen MR) is 72.8 cm³/mol. The molecule has 0 unspecified atom stereocenters. The van der Waals surface area contributed by atoms with Gasteiger partial charge in [-0.05, 0) is 12.8 Å². The van der Waals surface area contributed by atoms with E-state index in [2.05, 4.69) is 32.7 Å². The highest BCUT2D eigenvalue weighted by Gasteiger charge is 1.99. The predicted octanol–water partition coefficient (Wildman–Crippen LogP) is 1.92. The summed E-state index contributed by atoms with van der Waals surface area (Å²) in [6, 6.07) is 0. The molecule has 1 aromatic rings. The molecule has 0 amide bonds. The Kier molecular flexibility index (Phi) is 7.79. The van der Waals surface area contributed by atoms with Crippen LogP contribution in [-0.4, -0.2) is 42.0 Å². The number of nitrogens with zero attached hydrogens (tertiary/aromatic N) is 3. The van der Waals surface area contributed by atoms with Crippen LogP contribution in [0.15, 0.2) is 6.20 Å². The molecule has 0 aliphatic rings. The SMILES string of the molecule is CCCCCNc1nncc(NCCCOC)n1. The van der Waals surface area contributed by atoms with E-state index >= 15 is 0 Å². The second-order valence-electron chi connectivity index (χ2n) is 4.07. The highest BCUT2D eigenvalue weighted by Crippen LogP contribution is 2.04. The van der Waals surface area contributed by atoms with E-state index in [1.54, 1.807) is 13.3 Å². The Hall–Kier alpha value is -1.43. The summed E-state index contributed by atoms with van der Waals surface area (Å²) in [5, 5.41) is 14.2. The van der Waals surface area contributed by atoms with Crippen molar-refractivity contribution >= 4 is 11.8 Å². The van der Waals surface area contributed by atoms with E-state index in [9.17, 15) is 0 Å². The largest absolute Gasteiger partial charge is 0.385 e. The Morgan fingerprint density at radius 1 is 1.17 bits per heavy atom. The summed E-state index contributed by atoms with van der Waals surface area (Å²) in [5.41, 5.74) is 0. The third-order valence-corrected chi connectivity index (χ3v) is 2.45. The molecule has 0 aliphatic carbocycles. The number of unbranched alkanes of at least 4 members (excludes halogenated alkanes) is 2. The Morgan fingerprint density at radius 3 is 2.78 bits per heavy atom. The van der Waals surface area contributed by atoms with Gasteiger partial charge in [0.05, 0.1) is 6.20 Å². The van der Waals surface area contributed by atoms with Crippen LogP contribution in [0.2, 0.25) is 0 Å². The lowest BCUT2D eigenvalue weighted by molar-refractivity contribution is 0.197. The molecule has 2 N–H and O–H groups in total. The van der Waals surface area contributed by atoms with Gasteiger partial charge >= 0.3 is 0 Å². The molecular weight excluding hydrogens is 230 g/mol. The molecular formula is C12H23N5O. The van der Waals surface area contributed by atoms with Crippen molar-refractivity contribution in [3.63, 3.8) is 0 Å². The molecule has 1 heterocycles. The van der Waals surface area contributed by atoms with Gasteiger partial charge in [0.15, 0.2) is 5.82 Å². The fourth-order valence-corrected chi connectivity index (χ4v) is 1.47. The number of anilines is 2. The van der Waals surface area contributed by atoms with Crippen molar-refractivity contribution in [1.29, 1.82) is 0 Å². The summed E-state index contributed by atoms with van der Waals surface area (Å²) in [6.45, 7) is 4.64. The average Bonchev–Trinajstić information content (AvgIpc) is 2.40. The van der Waals surface area contributed by atoms with E-state index in [1.165, 1.54) is 12.8 Å². The average molecular weight is 253 g/mol. The van der Waals surface area contributed by atoms with Crippen LogP contribution >= 0.6 is 0 Å². The van der Waals surface area contributed by atoms with Crippen LogP contribution in [0.3, 0.4) is 0 Å². The maximum Gasteiger partial charge on any atom is 0.244 e. The van der Waals surface area contributed by atoms with Gasteiger partial charge in [-0.3, -0.25) is 0 Å². The monoisotopic (exact) mass is 253 g/mol. The molecule has 0 bridgehead atoms. The third kappa shape index (κ3) is 6.34. The molecule has 0 atom stereocenters. The smallest absolute Gasteiger partial charge is 0.244 e. The lowest BCUT2D eigenvalue weighted by atomic mass is 10.2. The molecule has 0 aromatic carbocycles. The number of methoxy groups -OCH3 is 1. The van der Waals surface area contributed by atoms with Crippen LogP contribution in [-0.2, 0) is 4.74 Å². The first-order valence-electron chi connectivity index (χ1n) is 6.53. The second kappa shape index (κ2) is 9.58. The lowest BCUT2D eigenvalue weighted by Crippen LogP contribution is -2.10. The molecule has 0 spiro atoms. The van der Waals surface area contributed by atoms with E-state index in [4.69, 9.17) is 4.74 Å². The minimum absolute atomic E-state index is 0.586. The Labute approximate surface area is 109 Å². The van der Waals surface area contributed by atoms with E-state index in [0.29, 0.717) is 5.95 Å². The molecule has 0 saturated carbocycles. The maximum atomic E-state index is 4.98. The fourth-order valence-electron chi connectivity index (χ4n) is 1.47. The van der Waals surface area contributed by atoms with Gasteiger partial charge in [-0.2, -0.15) is 10.1 Å². The van der Waals surface area contributed by atoms with Gasteiger partial charge in [0, 0.05) is 26.8 Å². The quantitative estimate of drug-likeness (QED) is 0.621. The van der Waals surface area contributed by atoms with E-state index in [1.807, 2.05) is 0 Å². The van der Waals surface area contributed by atoms with Crippen LogP contribution in [0.5, 0.6) is 0 Å². The van der Waals surface area contributed by atoms with Crippen LogP contribution in [0, 0.1) is 0 Å². The maximum absolute atomic E-state index is 4.98. The van der Waals surface area contributed by atoms with Gasteiger partial charge in [0.2, 0.25) is 5.95 Å². The van der Waals surface area contributed by atoms with Crippen molar-refractivity contribution in [3.8, 4) is 0 Å². The summed E-state index contributed by atoms with van der Waals surface area (Å²) in [4.78, 5) is 4.33. The van der Waals surface area contributed by atoms with Gasteiger partial charge in [0.25, 0.3) is 0 Å². The molecule has 102 valence electrons. The summed E-state index contributed by atoms with van der Waals surface area (Å²) >= 11 is 0. The highest BCUT2D eigenvalue weighted by molar-refractivity contribution is 5.36. The fraction of sp³-hybridized carbons (Fsp3) is 0.750. The zero-order chi connectivity index (χ0) is 13.1. The van der Waals surface area contributed by atoms with Gasteiger partial charge in [0.1, 0.15) is 0 Å². The summed E-state index contributed by atoms with van der Waals surface area (Å²) in [7, 11) is 1.70. The molecule has 6 nitrogen and oxygen atoms in total. The third-order valence-electron chi connectivity index (χ3n) is 2.45.